The lowest BCUT2D eigenvalue weighted by Gasteiger charge is -2.19. The molecule has 104 heavy (non-hydrogen) atoms. The molecule has 1 heterocycles. The van der Waals surface area contributed by atoms with Gasteiger partial charge in [-0.25, -0.2) is 0 Å². The van der Waals surface area contributed by atoms with Gasteiger partial charge in [-0.3, -0.25) is 4.79 Å². The molecule has 1 aromatic heterocycles. The highest BCUT2D eigenvalue weighted by atomic mass is 32.2. The van der Waals surface area contributed by atoms with Crippen LogP contribution in [0, 0.1) is 5.92 Å². The van der Waals surface area contributed by atoms with E-state index >= 15 is 0 Å². The van der Waals surface area contributed by atoms with Crippen molar-refractivity contribution in [2.45, 2.75) is 374 Å². The average Bonchev–Trinajstić information content (AvgIpc) is 1.61. The Morgan fingerprint density at radius 2 is 0.798 bits per heavy atom. The molecule has 0 saturated carbocycles. The molecule has 6 rings (SSSR count). The molecule has 1 aliphatic carbocycles. The Morgan fingerprint density at radius 3 is 1.20 bits per heavy atom. The zero-order valence-electron chi connectivity index (χ0n) is 73.5. The standard InChI is InChI=1S/C24H50O6.C23H30O.C21H27N.C17H34OS2.4C2H6/c1-21(2)27-16-9-14-25-13-8-7-12-24(30-19-11-18-29-23(5)6)20-26-15-10-17-28-22(3)4;1-14(2)17-7-9-19-20-10-8-18(15(3)4)12-22(20)23(21(19)11-17)13-24-16(5)6;1-13(2)16-7-9-18-19-10-8-17(14(3)4)12-21(19)22(15(5)6)20(18)11-16;1-13(2)17(18)10-8-7-9-16(20-15(5)6)11-12-19-14(3)4;4*1-2/h21-24H,7-20H2,1-6H3;7-12,14-16,23H,13H2,1-6H3;7-15H,1-6H3;13-16H,7-12H2,1-6H3;4*1-2H3. The second-order valence-corrected chi connectivity index (χ2v) is 33.7. The van der Waals surface area contributed by atoms with E-state index in [0.717, 1.165) is 102 Å². The minimum Gasteiger partial charge on any atom is -0.381 e. The van der Waals surface area contributed by atoms with Crippen LogP contribution in [0.1, 0.15) is 361 Å². The summed E-state index contributed by atoms with van der Waals surface area (Å²) in [5.41, 5.74) is 14.1. The first-order chi connectivity index (χ1) is 49.5. The van der Waals surface area contributed by atoms with Gasteiger partial charge in [0.1, 0.15) is 5.78 Å². The van der Waals surface area contributed by atoms with Crippen LogP contribution in [0.4, 0.5) is 0 Å². The number of unbranched alkanes of at least 4 members (excludes halogenated alkanes) is 2. The summed E-state index contributed by atoms with van der Waals surface area (Å²) >= 11 is 4.19. The van der Waals surface area contributed by atoms with E-state index in [-0.39, 0.29) is 30.3 Å². The van der Waals surface area contributed by atoms with Crippen LogP contribution in [0.2, 0.25) is 0 Å². The van der Waals surface area contributed by atoms with Gasteiger partial charge in [0.05, 0.1) is 43.7 Å². The quantitative estimate of drug-likeness (QED) is 0.0352. The van der Waals surface area contributed by atoms with E-state index < -0.39 is 0 Å². The van der Waals surface area contributed by atoms with Gasteiger partial charge in [-0.15, -0.1) is 0 Å². The van der Waals surface area contributed by atoms with Crippen LogP contribution in [0.15, 0.2) is 72.8 Å². The summed E-state index contributed by atoms with van der Waals surface area (Å²) in [6.07, 6.45) is 12.8. The molecule has 602 valence electrons. The van der Waals surface area contributed by atoms with E-state index in [9.17, 15) is 4.79 Å². The second kappa shape index (κ2) is 61.5. The van der Waals surface area contributed by atoms with Crippen molar-refractivity contribution in [3.63, 3.8) is 0 Å². The van der Waals surface area contributed by atoms with E-state index in [1.165, 1.54) is 91.3 Å². The molecule has 2 unspecified atom stereocenters. The first-order valence-corrected chi connectivity index (χ1v) is 43.9. The summed E-state index contributed by atoms with van der Waals surface area (Å²) in [7, 11) is 0. The van der Waals surface area contributed by atoms with Gasteiger partial charge in [-0.2, -0.15) is 23.5 Å². The third-order valence-corrected chi connectivity index (χ3v) is 19.8. The van der Waals surface area contributed by atoms with Gasteiger partial charge in [0.25, 0.3) is 0 Å². The molecule has 0 amide bonds. The minimum atomic E-state index is 0.134. The summed E-state index contributed by atoms with van der Waals surface area (Å²) in [5, 5.41) is 4.98. The lowest BCUT2D eigenvalue weighted by Crippen LogP contribution is -2.22. The lowest BCUT2D eigenvalue weighted by atomic mass is 9.92. The number of ketones is 1. The van der Waals surface area contributed by atoms with Crippen molar-refractivity contribution in [3.05, 3.63) is 106 Å². The molecular weight excluding hydrogens is 1320 g/mol. The SMILES string of the molecule is CC.CC.CC.CC.CC(C)OCC1c2cc(C(C)C)ccc2-c2ccc(C(C)C)cc21.CC(C)OCCCOCCCCC(COCCCOC(C)C)OCCCOC(C)C.CC(C)SCCC(CCCCC(=O)C(C)C)SC(C)C.CC(C)c1ccc2c3ccc(C(C)C)cc3n(C(C)C)c2c1. The Morgan fingerprint density at radius 1 is 0.404 bits per heavy atom. The Labute approximate surface area is 652 Å². The van der Waals surface area contributed by atoms with E-state index in [1.807, 2.05) is 69.2 Å². The monoisotopic (exact) mass is 1490 g/mol. The third-order valence-electron chi connectivity index (χ3n) is 17.3. The van der Waals surface area contributed by atoms with Gasteiger partial charge in [0.2, 0.25) is 0 Å². The molecule has 9 nitrogen and oxygen atoms in total. The highest BCUT2D eigenvalue weighted by Crippen LogP contribution is 2.47. The highest BCUT2D eigenvalue weighted by molar-refractivity contribution is 8.01. The Bertz CT molecular complexity index is 2740. The summed E-state index contributed by atoms with van der Waals surface area (Å²) in [6, 6.07) is 28.4. The lowest BCUT2D eigenvalue weighted by molar-refractivity contribution is -0.122. The normalized spacial score (nSPS) is 12.4. The summed E-state index contributed by atoms with van der Waals surface area (Å²) in [6.45, 7) is 75.0. The van der Waals surface area contributed by atoms with Gasteiger partial charge in [0, 0.05) is 97.6 Å². The molecule has 11 heteroatoms. The van der Waals surface area contributed by atoms with Crippen LogP contribution >= 0.6 is 23.5 Å². The number of hydrogen-bond acceptors (Lipinski definition) is 10. The molecule has 0 aliphatic heterocycles. The van der Waals surface area contributed by atoms with Gasteiger partial charge in [-0.05, 0) is 224 Å². The number of fused-ring (bicyclic) bond motifs is 6. The van der Waals surface area contributed by atoms with Crippen LogP contribution in [0.3, 0.4) is 0 Å². The van der Waals surface area contributed by atoms with Crippen molar-refractivity contribution < 1.29 is 38.0 Å². The fourth-order valence-electron chi connectivity index (χ4n) is 11.7. The van der Waals surface area contributed by atoms with Crippen molar-refractivity contribution in [2.24, 2.45) is 5.92 Å². The molecule has 0 radical (unpaired) electrons. The number of thioether (sulfide) groups is 2. The summed E-state index contributed by atoms with van der Waals surface area (Å²) in [4.78, 5) is 11.6. The van der Waals surface area contributed by atoms with Crippen molar-refractivity contribution in [3.8, 4) is 11.1 Å². The van der Waals surface area contributed by atoms with Gasteiger partial charge >= 0.3 is 0 Å². The molecule has 4 aromatic carbocycles. The molecule has 0 saturated heterocycles. The largest absolute Gasteiger partial charge is 0.381 e. The summed E-state index contributed by atoms with van der Waals surface area (Å²) in [5.74, 6) is 4.49. The number of nitrogens with zero attached hydrogens (tertiary/aromatic N) is 1. The van der Waals surface area contributed by atoms with Gasteiger partial charge in [0.15, 0.2) is 0 Å². The first-order valence-electron chi connectivity index (χ1n) is 41.9. The maximum atomic E-state index is 11.6. The molecule has 5 aromatic rings. The van der Waals surface area contributed by atoms with Crippen LogP contribution in [-0.4, -0.2) is 122 Å². The van der Waals surface area contributed by atoms with Crippen molar-refractivity contribution >= 4 is 51.1 Å². The predicted octanol–water partition coefficient (Wildman–Crippen LogP) is 28.0. The Balaban J connectivity index is 0. The topological polar surface area (TPSA) is 86.6 Å². The fourth-order valence-corrected chi connectivity index (χ4v) is 14.1. The smallest absolute Gasteiger partial charge is 0.135 e. The molecule has 0 N–H and O–H groups in total. The zero-order valence-corrected chi connectivity index (χ0v) is 75.1. The van der Waals surface area contributed by atoms with Gasteiger partial charge < -0.3 is 37.7 Å². The maximum absolute atomic E-state index is 11.6. The number of ether oxygens (including phenoxy) is 7. The molecular formula is C93H165NO8S2. The Hall–Kier alpha value is -3.23. The minimum absolute atomic E-state index is 0.134. The number of rotatable bonds is 43. The number of carbonyl (C=O) groups is 1. The summed E-state index contributed by atoms with van der Waals surface area (Å²) < 4.78 is 42.8. The number of hydrogen-bond donors (Lipinski definition) is 0. The van der Waals surface area contributed by atoms with Crippen LogP contribution in [0.5, 0.6) is 0 Å². The van der Waals surface area contributed by atoms with E-state index in [2.05, 4.69) is 253 Å². The molecule has 0 fully saturated rings. The molecule has 0 bridgehead atoms. The number of aromatic nitrogens is 1. The number of Topliss-reactive ketones (excluding diaryl/α,β-unsaturated/α-hetero) is 1. The van der Waals surface area contributed by atoms with Crippen LogP contribution < -0.4 is 0 Å². The highest BCUT2D eigenvalue weighted by Gasteiger charge is 2.30. The van der Waals surface area contributed by atoms with E-state index in [0.29, 0.717) is 72.6 Å². The maximum Gasteiger partial charge on any atom is 0.135 e. The average molecular weight is 1490 g/mol. The van der Waals surface area contributed by atoms with Gasteiger partial charge in [-0.1, -0.05) is 219 Å². The van der Waals surface area contributed by atoms with E-state index in [1.54, 1.807) is 0 Å². The fraction of sp³-hybridized carbons (Fsp3) is 0.731. The van der Waals surface area contributed by atoms with Crippen molar-refractivity contribution in [2.75, 3.05) is 65.2 Å². The predicted molar refractivity (Wildman–Crippen MR) is 466 cm³/mol. The molecule has 0 spiro atoms. The second-order valence-electron chi connectivity index (χ2n) is 30.1. The molecule has 1 aliphatic rings. The van der Waals surface area contributed by atoms with Crippen LogP contribution in [-0.2, 0) is 38.0 Å². The number of carbonyl (C=O) groups excluding carboxylic acids is 1. The Kier molecular flexibility index (Phi) is 60.8. The third kappa shape index (κ3) is 43.2. The zero-order chi connectivity index (χ0) is 79.4. The molecule has 2 atom stereocenters. The first kappa shape index (κ1) is 103. The number of benzene rings is 4. The van der Waals surface area contributed by atoms with Crippen molar-refractivity contribution in [1.29, 1.82) is 0 Å². The van der Waals surface area contributed by atoms with E-state index in [4.69, 9.17) is 33.2 Å². The van der Waals surface area contributed by atoms with Crippen LogP contribution in [0.25, 0.3) is 32.9 Å². The van der Waals surface area contributed by atoms with Crippen molar-refractivity contribution in [1.82, 2.24) is 4.57 Å².